The highest BCUT2D eigenvalue weighted by Gasteiger charge is 2.37. The van der Waals surface area contributed by atoms with Crippen LogP contribution in [0.15, 0.2) is 138 Å². The number of hydrogen-bond donors (Lipinski definition) is 0. The van der Waals surface area contributed by atoms with Gasteiger partial charge in [-0.2, -0.15) is 0 Å². The molecule has 1 aliphatic rings. The van der Waals surface area contributed by atoms with Gasteiger partial charge in [-0.25, -0.2) is 4.98 Å². The van der Waals surface area contributed by atoms with E-state index in [1.54, 1.807) is 0 Å². The molecule has 2 heterocycles. The van der Waals surface area contributed by atoms with Gasteiger partial charge in [-0.1, -0.05) is 123 Å². The number of para-hydroxylation sites is 1. The largest absolute Gasteiger partial charge is 0.455 e. The zero-order valence-electron chi connectivity index (χ0n) is 24.1. The molecule has 9 rings (SSSR count). The van der Waals surface area contributed by atoms with Crippen molar-refractivity contribution in [2.45, 2.75) is 25.2 Å². The molecule has 6 aromatic carbocycles. The Kier molecular flexibility index (Phi) is 5.05. The Morgan fingerprint density at radius 1 is 0.581 bits per heavy atom. The van der Waals surface area contributed by atoms with Crippen molar-refractivity contribution in [3.63, 3.8) is 0 Å². The van der Waals surface area contributed by atoms with Crippen molar-refractivity contribution in [2.24, 2.45) is 0 Å². The Balaban J connectivity index is 1.33. The Bertz CT molecular complexity index is 2330. The molecule has 0 spiro atoms. The van der Waals surface area contributed by atoms with E-state index in [-0.39, 0.29) is 11.3 Å². The molecular weight excluding hydrogens is 522 g/mol. The molecule has 0 bridgehead atoms. The standard InChI is InChI=1S/C41H29NO/c1-41(2)33-17-9-6-14-28(33)37(29-15-7-10-18-34(29)41)26-20-23-36-32(24-26)27-21-22-31-38(40(27)43-36)30-16-8-11-19-35(30)42-39(31)25-12-4-3-5-13-25/h3-24,37H,1-2H3. The third-order valence-corrected chi connectivity index (χ3v) is 9.60. The second-order valence-electron chi connectivity index (χ2n) is 12.3. The first-order chi connectivity index (χ1) is 21.1. The van der Waals surface area contributed by atoms with Crippen molar-refractivity contribution >= 4 is 43.6 Å². The van der Waals surface area contributed by atoms with Crippen LogP contribution in [0.1, 0.15) is 47.6 Å². The number of aromatic nitrogens is 1. The van der Waals surface area contributed by atoms with E-state index in [2.05, 4.69) is 141 Å². The minimum Gasteiger partial charge on any atom is -0.455 e. The van der Waals surface area contributed by atoms with Crippen molar-refractivity contribution in [1.29, 1.82) is 0 Å². The van der Waals surface area contributed by atoms with Gasteiger partial charge in [-0.3, -0.25) is 0 Å². The van der Waals surface area contributed by atoms with Crippen LogP contribution in [0.5, 0.6) is 0 Å². The number of pyridine rings is 1. The zero-order chi connectivity index (χ0) is 28.7. The summed E-state index contributed by atoms with van der Waals surface area (Å²) >= 11 is 0. The van der Waals surface area contributed by atoms with E-state index < -0.39 is 0 Å². The molecule has 0 aliphatic heterocycles. The topological polar surface area (TPSA) is 26.0 Å². The average Bonchev–Trinajstić information content (AvgIpc) is 3.43. The molecule has 2 aromatic heterocycles. The molecule has 8 aromatic rings. The Morgan fingerprint density at radius 3 is 2.00 bits per heavy atom. The molecule has 43 heavy (non-hydrogen) atoms. The summed E-state index contributed by atoms with van der Waals surface area (Å²) in [6, 6.07) is 48.0. The van der Waals surface area contributed by atoms with E-state index in [1.807, 2.05) is 6.07 Å². The fourth-order valence-corrected chi connectivity index (χ4v) is 7.59. The van der Waals surface area contributed by atoms with E-state index >= 15 is 0 Å². The Morgan fingerprint density at radius 2 is 1.23 bits per heavy atom. The van der Waals surface area contributed by atoms with Gasteiger partial charge in [0.25, 0.3) is 0 Å². The smallest absolute Gasteiger partial charge is 0.144 e. The number of furan rings is 1. The number of fused-ring (bicyclic) bond motifs is 9. The maximum Gasteiger partial charge on any atom is 0.144 e. The number of hydrogen-bond acceptors (Lipinski definition) is 2. The number of rotatable bonds is 2. The molecule has 0 unspecified atom stereocenters. The zero-order valence-corrected chi connectivity index (χ0v) is 24.1. The molecule has 0 atom stereocenters. The van der Waals surface area contributed by atoms with Crippen LogP contribution in [-0.4, -0.2) is 4.98 Å². The lowest BCUT2D eigenvalue weighted by atomic mass is 9.64. The van der Waals surface area contributed by atoms with Crippen LogP contribution >= 0.6 is 0 Å². The second-order valence-corrected chi connectivity index (χ2v) is 12.3. The summed E-state index contributed by atoms with van der Waals surface area (Å²) in [5.41, 5.74) is 11.7. The van der Waals surface area contributed by atoms with Gasteiger partial charge in [0, 0.05) is 43.8 Å². The van der Waals surface area contributed by atoms with Crippen molar-refractivity contribution < 1.29 is 4.42 Å². The quantitative estimate of drug-likeness (QED) is 0.200. The summed E-state index contributed by atoms with van der Waals surface area (Å²) < 4.78 is 6.75. The maximum atomic E-state index is 6.75. The lowest BCUT2D eigenvalue weighted by molar-refractivity contribution is 0.597. The molecule has 0 N–H and O–H groups in total. The molecule has 0 saturated carbocycles. The molecule has 2 nitrogen and oxygen atoms in total. The van der Waals surface area contributed by atoms with Crippen LogP contribution in [0.25, 0.3) is 54.9 Å². The van der Waals surface area contributed by atoms with Crippen LogP contribution in [0, 0.1) is 0 Å². The normalized spacial score (nSPS) is 14.4. The van der Waals surface area contributed by atoms with E-state index in [0.717, 1.165) is 54.9 Å². The Hall–Kier alpha value is -5.21. The van der Waals surface area contributed by atoms with Crippen LogP contribution in [0.4, 0.5) is 0 Å². The second kappa shape index (κ2) is 8.89. The molecule has 0 radical (unpaired) electrons. The Labute approximate surface area is 250 Å². The van der Waals surface area contributed by atoms with Gasteiger partial charge in [-0.05, 0) is 52.1 Å². The summed E-state index contributed by atoms with van der Waals surface area (Å²) in [6.45, 7) is 4.70. The van der Waals surface area contributed by atoms with Crippen LogP contribution in [0.2, 0.25) is 0 Å². The monoisotopic (exact) mass is 551 g/mol. The van der Waals surface area contributed by atoms with Gasteiger partial charge in [0.1, 0.15) is 11.2 Å². The highest BCUT2D eigenvalue weighted by atomic mass is 16.3. The highest BCUT2D eigenvalue weighted by Crippen LogP contribution is 2.50. The van der Waals surface area contributed by atoms with Crippen molar-refractivity contribution in [1.82, 2.24) is 4.98 Å². The molecule has 1 aliphatic carbocycles. The number of benzene rings is 6. The predicted octanol–water partition coefficient (Wildman–Crippen LogP) is 10.8. The summed E-state index contributed by atoms with van der Waals surface area (Å²) in [5, 5.41) is 5.62. The molecule has 0 fully saturated rings. The summed E-state index contributed by atoms with van der Waals surface area (Å²) in [4.78, 5) is 5.12. The fraction of sp³-hybridized carbons (Fsp3) is 0.0976. The van der Waals surface area contributed by atoms with Gasteiger partial charge < -0.3 is 4.42 Å². The van der Waals surface area contributed by atoms with Gasteiger partial charge in [0.05, 0.1) is 11.2 Å². The van der Waals surface area contributed by atoms with Crippen molar-refractivity contribution in [3.05, 3.63) is 161 Å². The average molecular weight is 552 g/mol. The van der Waals surface area contributed by atoms with Crippen LogP contribution in [-0.2, 0) is 5.41 Å². The van der Waals surface area contributed by atoms with Gasteiger partial charge in [-0.15, -0.1) is 0 Å². The van der Waals surface area contributed by atoms with E-state index in [0.29, 0.717) is 0 Å². The SMILES string of the molecule is CC1(C)c2ccccc2C(c2ccc3oc4c(ccc5c(-c6ccccc6)nc6ccccc6c54)c3c2)c2ccccc21. The third-order valence-electron chi connectivity index (χ3n) is 9.60. The first-order valence-corrected chi connectivity index (χ1v) is 15.0. The lowest BCUT2D eigenvalue weighted by Crippen LogP contribution is -2.29. The summed E-state index contributed by atoms with van der Waals surface area (Å²) in [5.74, 6) is 0.157. The lowest BCUT2D eigenvalue weighted by Gasteiger charge is -2.39. The van der Waals surface area contributed by atoms with Crippen LogP contribution < -0.4 is 0 Å². The van der Waals surface area contributed by atoms with Gasteiger partial charge in [0.2, 0.25) is 0 Å². The predicted molar refractivity (Wildman–Crippen MR) is 178 cm³/mol. The minimum atomic E-state index is -0.0550. The first-order valence-electron chi connectivity index (χ1n) is 15.0. The van der Waals surface area contributed by atoms with Crippen molar-refractivity contribution in [3.8, 4) is 11.3 Å². The third kappa shape index (κ3) is 3.44. The van der Waals surface area contributed by atoms with Gasteiger partial charge in [0.15, 0.2) is 0 Å². The minimum absolute atomic E-state index is 0.0550. The van der Waals surface area contributed by atoms with Crippen LogP contribution in [0.3, 0.4) is 0 Å². The molecular formula is C41H29NO. The summed E-state index contributed by atoms with van der Waals surface area (Å²) in [6.07, 6.45) is 0. The number of nitrogens with zero attached hydrogens (tertiary/aromatic N) is 1. The van der Waals surface area contributed by atoms with E-state index in [9.17, 15) is 0 Å². The van der Waals surface area contributed by atoms with Crippen molar-refractivity contribution in [2.75, 3.05) is 0 Å². The fourth-order valence-electron chi connectivity index (χ4n) is 7.59. The highest BCUT2D eigenvalue weighted by molar-refractivity contribution is 6.24. The van der Waals surface area contributed by atoms with Gasteiger partial charge >= 0.3 is 0 Å². The summed E-state index contributed by atoms with van der Waals surface area (Å²) in [7, 11) is 0. The van der Waals surface area contributed by atoms with E-state index in [1.165, 1.54) is 27.8 Å². The van der Waals surface area contributed by atoms with E-state index in [4.69, 9.17) is 9.40 Å². The molecule has 204 valence electrons. The maximum absolute atomic E-state index is 6.75. The molecule has 2 heteroatoms. The molecule has 0 saturated heterocycles. The molecule has 0 amide bonds. The first kappa shape index (κ1) is 24.4.